The third-order valence-electron chi connectivity index (χ3n) is 3.99. The van der Waals surface area contributed by atoms with Gasteiger partial charge in [0.05, 0.1) is 4.90 Å². The number of anilines is 1. The molecule has 0 heterocycles. The average Bonchev–Trinajstić information content (AvgIpc) is 2.47. The number of hydrogen-bond donors (Lipinski definition) is 2. The van der Waals surface area contributed by atoms with Crippen molar-refractivity contribution in [2.24, 2.45) is 5.92 Å². The highest BCUT2D eigenvalue weighted by molar-refractivity contribution is 7.89. The molecule has 0 saturated heterocycles. The van der Waals surface area contributed by atoms with Gasteiger partial charge in [0.15, 0.2) is 0 Å². The van der Waals surface area contributed by atoms with Gasteiger partial charge in [-0.1, -0.05) is 33.3 Å². The molecule has 0 amide bonds. The first-order valence-corrected chi connectivity index (χ1v) is 9.13. The maximum Gasteiger partial charge on any atom is 0.240 e. The molecule has 1 aromatic carbocycles. The van der Waals surface area contributed by atoms with Gasteiger partial charge in [-0.25, -0.2) is 13.1 Å². The molecule has 0 fully saturated rings. The third-order valence-corrected chi connectivity index (χ3v) is 5.55. The zero-order valence-electron chi connectivity index (χ0n) is 13.7. The van der Waals surface area contributed by atoms with Crippen molar-refractivity contribution in [3.05, 3.63) is 23.8 Å². The molecule has 0 aliphatic heterocycles. The fraction of sp³-hybridized carbons (Fsp3) is 0.625. The lowest BCUT2D eigenvalue weighted by Crippen LogP contribution is -2.23. The lowest BCUT2D eigenvalue weighted by atomic mass is 9.97. The third kappa shape index (κ3) is 5.00. The lowest BCUT2D eigenvalue weighted by molar-refractivity contribution is 0.462. The van der Waals surface area contributed by atoms with Crippen LogP contribution in [0.4, 0.5) is 5.69 Å². The zero-order valence-corrected chi connectivity index (χ0v) is 14.5. The van der Waals surface area contributed by atoms with Crippen molar-refractivity contribution in [2.45, 2.75) is 57.9 Å². The maximum atomic E-state index is 12.0. The summed E-state index contributed by atoms with van der Waals surface area (Å²) in [5.41, 5.74) is 1.62. The molecule has 0 saturated carbocycles. The summed E-state index contributed by atoms with van der Waals surface area (Å²) in [6, 6.07) is 5.89. The summed E-state index contributed by atoms with van der Waals surface area (Å²) in [4.78, 5) is 0.341. The second-order valence-corrected chi connectivity index (χ2v) is 7.54. The molecule has 1 aromatic rings. The Bertz CT molecular complexity index is 555. The van der Waals surface area contributed by atoms with Gasteiger partial charge in [0.2, 0.25) is 10.0 Å². The number of rotatable bonds is 8. The van der Waals surface area contributed by atoms with E-state index in [9.17, 15) is 8.42 Å². The smallest absolute Gasteiger partial charge is 0.240 e. The minimum Gasteiger partial charge on any atom is -0.382 e. The van der Waals surface area contributed by atoms with Crippen LogP contribution in [0.5, 0.6) is 0 Å². The van der Waals surface area contributed by atoms with Crippen LogP contribution in [0.2, 0.25) is 0 Å². The van der Waals surface area contributed by atoms with Crippen molar-refractivity contribution in [1.29, 1.82) is 0 Å². The number of benzene rings is 1. The van der Waals surface area contributed by atoms with Crippen LogP contribution in [0.25, 0.3) is 0 Å². The standard InChI is InChI=1S/C16H28N2O2S/c1-6-12(3)10-14(7-2)18-15-9-8-13(4)16(11-15)21(19,20)17-5/h8-9,11-12,14,17-18H,6-7,10H2,1-5H3. The van der Waals surface area contributed by atoms with Crippen molar-refractivity contribution >= 4 is 15.7 Å². The van der Waals surface area contributed by atoms with Gasteiger partial charge < -0.3 is 5.32 Å². The number of sulfonamides is 1. The van der Waals surface area contributed by atoms with Crippen LogP contribution in [0.3, 0.4) is 0 Å². The largest absolute Gasteiger partial charge is 0.382 e. The zero-order chi connectivity index (χ0) is 16.0. The van der Waals surface area contributed by atoms with Crippen LogP contribution in [0.1, 0.15) is 45.6 Å². The van der Waals surface area contributed by atoms with Crippen molar-refractivity contribution in [2.75, 3.05) is 12.4 Å². The quantitative estimate of drug-likeness (QED) is 0.772. The molecular formula is C16H28N2O2S. The normalized spacial score (nSPS) is 14.7. The molecule has 2 atom stereocenters. The van der Waals surface area contributed by atoms with E-state index in [0.29, 0.717) is 16.9 Å². The van der Waals surface area contributed by atoms with Gasteiger partial charge in [-0.3, -0.25) is 0 Å². The monoisotopic (exact) mass is 312 g/mol. The van der Waals surface area contributed by atoms with E-state index in [0.717, 1.165) is 30.5 Å². The van der Waals surface area contributed by atoms with E-state index in [1.54, 1.807) is 6.07 Å². The first-order chi connectivity index (χ1) is 9.83. The van der Waals surface area contributed by atoms with Crippen LogP contribution in [0, 0.1) is 12.8 Å². The number of hydrogen-bond acceptors (Lipinski definition) is 3. The highest BCUT2D eigenvalue weighted by Gasteiger charge is 2.16. The van der Waals surface area contributed by atoms with Gasteiger partial charge in [-0.05, 0) is 50.4 Å². The molecule has 0 aliphatic rings. The Morgan fingerprint density at radius 3 is 2.38 bits per heavy atom. The second kappa shape index (κ2) is 7.80. The van der Waals surface area contributed by atoms with Gasteiger partial charge in [-0.2, -0.15) is 0 Å². The van der Waals surface area contributed by atoms with Crippen molar-refractivity contribution in [3.63, 3.8) is 0 Å². The summed E-state index contributed by atoms with van der Waals surface area (Å²) in [6.07, 6.45) is 3.27. The number of aryl methyl sites for hydroxylation is 1. The number of nitrogens with one attached hydrogen (secondary N) is 2. The predicted molar refractivity (Wildman–Crippen MR) is 89.2 cm³/mol. The Balaban J connectivity index is 2.97. The molecular weight excluding hydrogens is 284 g/mol. The van der Waals surface area contributed by atoms with Gasteiger partial charge in [0, 0.05) is 11.7 Å². The molecule has 0 aliphatic carbocycles. The fourth-order valence-electron chi connectivity index (χ4n) is 2.31. The van der Waals surface area contributed by atoms with Crippen molar-refractivity contribution in [3.8, 4) is 0 Å². The lowest BCUT2D eigenvalue weighted by Gasteiger charge is -2.22. The summed E-state index contributed by atoms with van der Waals surface area (Å²) < 4.78 is 26.4. The first-order valence-electron chi connectivity index (χ1n) is 7.64. The molecule has 5 heteroatoms. The highest BCUT2D eigenvalue weighted by atomic mass is 32.2. The topological polar surface area (TPSA) is 58.2 Å². The summed E-state index contributed by atoms with van der Waals surface area (Å²) in [5, 5.41) is 3.47. The average molecular weight is 312 g/mol. The molecule has 1 rings (SSSR count). The summed E-state index contributed by atoms with van der Waals surface area (Å²) >= 11 is 0. The Morgan fingerprint density at radius 2 is 1.86 bits per heavy atom. The molecule has 21 heavy (non-hydrogen) atoms. The minimum absolute atomic E-state index is 0.341. The van der Waals surface area contributed by atoms with Crippen LogP contribution < -0.4 is 10.0 Å². The molecule has 120 valence electrons. The predicted octanol–water partition coefficient (Wildman–Crippen LogP) is 3.53. The molecule has 4 nitrogen and oxygen atoms in total. The van der Waals surface area contributed by atoms with E-state index in [4.69, 9.17) is 0 Å². The SMILES string of the molecule is CCC(C)CC(CC)Nc1ccc(C)c(S(=O)(=O)NC)c1. The Morgan fingerprint density at radius 1 is 1.19 bits per heavy atom. The van der Waals surface area contributed by atoms with E-state index in [2.05, 4.69) is 30.8 Å². The van der Waals surface area contributed by atoms with Crippen molar-refractivity contribution < 1.29 is 8.42 Å². The molecule has 2 unspecified atom stereocenters. The van der Waals surface area contributed by atoms with Crippen LogP contribution in [0.15, 0.2) is 23.1 Å². The van der Waals surface area contributed by atoms with Gasteiger partial charge >= 0.3 is 0 Å². The minimum atomic E-state index is -3.41. The van der Waals surface area contributed by atoms with E-state index in [1.807, 2.05) is 19.1 Å². The van der Waals surface area contributed by atoms with E-state index >= 15 is 0 Å². The molecule has 0 bridgehead atoms. The van der Waals surface area contributed by atoms with Gasteiger partial charge in [0.25, 0.3) is 0 Å². The summed E-state index contributed by atoms with van der Waals surface area (Å²) in [5.74, 6) is 0.661. The highest BCUT2D eigenvalue weighted by Crippen LogP contribution is 2.22. The molecule has 0 aromatic heterocycles. The Kier molecular flexibility index (Phi) is 6.68. The Labute approximate surface area is 129 Å². The van der Waals surface area contributed by atoms with Crippen LogP contribution >= 0.6 is 0 Å². The molecule has 0 radical (unpaired) electrons. The van der Waals surface area contributed by atoms with Crippen molar-refractivity contribution in [1.82, 2.24) is 4.72 Å². The Hall–Kier alpha value is -1.07. The molecule has 2 N–H and O–H groups in total. The van der Waals surface area contributed by atoms with E-state index in [1.165, 1.54) is 7.05 Å². The van der Waals surface area contributed by atoms with E-state index in [-0.39, 0.29) is 0 Å². The molecule has 0 spiro atoms. The van der Waals surface area contributed by atoms with Gasteiger partial charge in [0.1, 0.15) is 0 Å². The van der Waals surface area contributed by atoms with Crippen LogP contribution in [-0.4, -0.2) is 21.5 Å². The van der Waals surface area contributed by atoms with Crippen LogP contribution in [-0.2, 0) is 10.0 Å². The fourth-order valence-corrected chi connectivity index (χ4v) is 3.30. The summed E-state index contributed by atoms with van der Waals surface area (Å²) in [6.45, 7) is 8.40. The van der Waals surface area contributed by atoms with Gasteiger partial charge in [-0.15, -0.1) is 0 Å². The summed E-state index contributed by atoms with van der Waals surface area (Å²) in [7, 11) is -1.97. The second-order valence-electron chi connectivity index (χ2n) is 5.69. The maximum absolute atomic E-state index is 12.0. The van der Waals surface area contributed by atoms with E-state index < -0.39 is 10.0 Å². The first kappa shape index (κ1) is 18.0.